The zero-order chi connectivity index (χ0) is 19.8. The first-order valence-corrected chi connectivity index (χ1v) is 8.95. The van der Waals surface area contributed by atoms with E-state index in [1.54, 1.807) is 0 Å². The van der Waals surface area contributed by atoms with Crippen LogP contribution in [0.15, 0.2) is 54.6 Å². The van der Waals surface area contributed by atoms with Crippen molar-refractivity contribution in [1.82, 2.24) is 0 Å². The van der Waals surface area contributed by atoms with Crippen LogP contribution in [0.5, 0.6) is 11.5 Å². The summed E-state index contributed by atoms with van der Waals surface area (Å²) in [5, 5.41) is 9.39. The molecule has 0 heterocycles. The first-order valence-electron chi connectivity index (χ1n) is 7.62. The van der Waals surface area contributed by atoms with Gasteiger partial charge in [0.15, 0.2) is 0 Å². The predicted molar refractivity (Wildman–Crippen MR) is 96.1 cm³/mol. The van der Waals surface area contributed by atoms with Crippen LogP contribution in [-0.4, -0.2) is 45.7 Å². The molecule has 0 aliphatic heterocycles. The van der Waals surface area contributed by atoms with Gasteiger partial charge in [-0.3, -0.25) is 4.18 Å². The highest BCUT2D eigenvalue weighted by atomic mass is 32.3. The summed E-state index contributed by atoms with van der Waals surface area (Å²) in [7, 11) is 2.43. The average Bonchev–Trinajstić information content (AvgIpc) is 2.55. The molecular formula is C18H22N2O5S. The fourth-order valence-electron chi connectivity index (χ4n) is 2.07. The summed E-state index contributed by atoms with van der Waals surface area (Å²) in [6.07, 6.45) is 0. The smallest absolute Gasteiger partial charge is 0.217 e. The maximum atomic E-state index is 9.39. The molecule has 0 aliphatic rings. The van der Waals surface area contributed by atoms with Crippen molar-refractivity contribution in [1.29, 1.82) is 5.26 Å². The lowest BCUT2D eigenvalue weighted by molar-refractivity contribution is -0.893. The second-order valence-corrected chi connectivity index (χ2v) is 7.36. The summed E-state index contributed by atoms with van der Waals surface area (Å²) in [5.41, 5.74) is 0.966. The van der Waals surface area contributed by atoms with E-state index in [0.717, 1.165) is 24.2 Å². The maximum absolute atomic E-state index is 9.39. The average molecular weight is 378 g/mol. The largest absolute Gasteiger partial charge is 0.726 e. The maximum Gasteiger partial charge on any atom is 0.217 e. The van der Waals surface area contributed by atoms with E-state index in [0.29, 0.717) is 4.48 Å². The molecule has 0 aromatic heterocycles. The molecule has 1 unspecified atom stereocenters. The Kier molecular flexibility index (Phi) is 7.74. The first kappa shape index (κ1) is 21.6. The Labute approximate surface area is 154 Å². The van der Waals surface area contributed by atoms with Gasteiger partial charge >= 0.3 is 0 Å². The van der Waals surface area contributed by atoms with E-state index < -0.39 is 10.4 Å². The number of nitrogens with zero attached hydrogens (tertiary/aromatic N) is 2. The minimum atomic E-state index is -4.41. The third-order valence-electron chi connectivity index (χ3n) is 3.25. The van der Waals surface area contributed by atoms with Gasteiger partial charge in [0, 0.05) is 5.56 Å². The summed E-state index contributed by atoms with van der Waals surface area (Å²) in [5.74, 6) is 1.55. The molecule has 2 rings (SSSR count). The molecule has 2 aromatic rings. The Morgan fingerprint density at radius 2 is 1.58 bits per heavy atom. The predicted octanol–water partition coefficient (Wildman–Crippen LogP) is 2.84. The van der Waals surface area contributed by atoms with E-state index in [1.807, 2.05) is 75.7 Å². The van der Waals surface area contributed by atoms with Crippen molar-refractivity contribution in [2.75, 3.05) is 28.3 Å². The van der Waals surface area contributed by atoms with Crippen LogP contribution in [0.25, 0.3) is 0 Å². The second kappa shape index (κ2) is 9.31. The SMILES string of the molecule is COS(=O)(=O)[O-].C[N+](C)(C)C(C#N)c1cccc(Oc2ccccc2)c1. The Bertz CT molecular complexity index is 840. The summed E-state index contributed by atoms with van der Waals surface area (Å²) >= 11 is 0. The zero-order valence-electron chi connectivity index (χ0n) is 15.1. The molecule has 0 spiro atoms. The Morgan fingerprint density at radius 1 is 1.04 bits per heavy atom. The van der Waals surface area contributed by atoms with Crippen LogP contribution in [-0.2, 0) is 14.6 Å². The fraction of sp³-hybridized carbons (Fsp3) is 0.278. The molecule has 0 N–H and O–H groups in total. The minimum absolute atomic E-state index is 0.214. The Balaban J connectivity index is 0.000000487. The lowest BCUT2D eigenvalue weighted by atomic mass is 10.1. The summed E-state index contributed by atoms with van der Waals surface area (Å²) in [4.78, 5) is 0. The Morgan fingerprint density at radius 3 is 2.04 bits per heavy atom. The monoisotopic (exact) mass is 378 g/mol. The van der Waals surface area contributed by atoms with Gasteiger partial charge in [0.25, 0.3) is 0 Å². The summed E-state index contributed by atoms with van der Waals surface area (Å²) in [6, 6.07) is 19.5. The van der Waals surface area contributed by atoms with Crippen molar-refractivity contribution in [2.24, 2.45) is 0 Å². The number of rotatable bonds is 5. The van der Waals surface area contributed by atoms with E-state index in [-0.39, 0.29) is 6.04 Å². The van der Waals surface area contributed by atoms with Crippen molar-refractivity contribution < 1.29 is 26.4 Å². The molecular weight excluding hydrogens is 356 g/mol. The third kappa shape index (κ3) is 7.63. The molecule has 26 heavy (non-hydrogen) atoms. The number of hydrogen-bond donors (Lipinski definition) is 0. The van der Waals surface area contributed by atoms with Crippen LogP contribution in [0.3, 0.4) is 0 Å². The molecule has 0 aliphatic carbocycles. The first-order chi connectivity index (χ1) is 12.1. The lowest BCUT2D eigenvalue weighted by Gasteiger charge is -2.29. The van der Waals surface area contributed by atoms with Gasteiger partial charge in [-0.15, -0.1) is 0 Å². The highest BCUT2D eigenvalue weighted by Crippen LogP contribution is 2.28. The molecule has 1 atom stereocenters. The molecule has 7 nitrogen and oxygen atoms in total. The van der Waals surface area contributed by atoms with Crippen LogP contribution in [0.4, 0.5) is 0 Å². The van der Waals surface area contributed by atoms with E-state index >= 15 is 0 Å². The molecule has 0 fully saturated rings. The van der Waals surface area contributed by atoms with Crippen molar-refractivity contribution in [3.8, 4) is 17.6 Å². The normalized spacial score (nSPS) is 12.3. The van der Waals surface area contributed by atoms with Gasteiger partial charge in [-0.05, 0) is 24.3 Å². The van der Waals surface area contributed by atoms with Crippen LogP contribution < -0.4 is 4.74 Å². The van der Waals surface area contributed by atoms with Crippen molar-refractivity contribution >= 4 is 10.4 Å². The standard InChI is InChI=1S/C17H19N2O.CH4O4S/c1-19(2,3)17(13-18)14-8-7-11-16(12-14)20-15-9-5-4-6-10-15;1-5-6(2,3)4/h4-12,17H,1-3H3;1H3,(H,2,3,4)/q+1;/p-1. The number of hydrogen-bond acceptors (Lipinski definition) is 6. The molecule has 140 valence electrons. The summed E-state index contributed by atoms with van der Waals surface area (Å²) in [6.45, 7) is 0. The highest BCUT2D eigenvalue weighted by Gasteiger charge is 2.25. The van der Waals surface area contributed by atoms with Gasteiger partial charge in [0.05, 0.1) is 28.3 Å². The van der Waals surface area contributed by atoms with Gasteiger partial charge in [-0.25, -0.2) is 8.42 Å². The molecule has 0 saturated heterocycles. The van der Waals surface area contributed by atoms with E-state index in [4.69, 9.17) is 4.74 Å². The van der Waals surface area contributed by atoms with E-state index in [9.17, 15) is 18.2 Å². The number of nitriles is 1. The zero-order valence-corrected chi connectivity index (χ0v) is 15.9. The summed E-state index contributed by atoms with van der Waals surface area (Å²) < 4.78 is 37.4. The molecule has 0 amide bonds. The highest BCUT2D eigenvalue weighted by molar-refractivity contribution is 7.80. The second-order valence-electron chi connectivity index (χ2n) is 6.21. The lowest BCUT2D eigenvalue weighted by Crippen LogP contribution is -2.38. The van der Waals surface area contributed by atoms with Gasteiger partial charge in [-0.1, -0.05) is 30.3 Å². The molecule has 0 saturated carbocycles. The third-order valence-corrected chi connectivity index (χ3v) is 3.66. The van der Waals surface area contributed by atoms with Crippen molar-refractivity contribution in [3.63, 3.8) is 0 Å². The van der Waals surface area contributed by atoms with Gasteiger partial charge in [0.2, 0.25) is 16.4 Å². The number of para-hydroxylation sites is 1. The van der Waals surface area contributed by atoms with Crippen molar-refractivity contribution in [3.05, 3.63) is 60.2 Å². The number of quaternary nitrogens is 1. The molecule has 8 heteroatoms. The molecule has 0 bridgehead atoms. The molecule has 2 aromatic carbocycles. The van der Waals surface area contributed by atoms with Crippen LogP contribution in [0.1, 0.15) is 11.6 Å². The van der Waals surface area contributed by atoms with Crippen molar-refractivity contribution in [2.45, 2.75) is 6.04 Å². The van der Waals surface area contributed by atoms with Crippen LogP contribution in [0.2, 0.25) is 0 Å². The van der Waals surface area contributed by atoms with Gasteiger partial charge < -0.3 is 13.8 Å². The minimum Gasteiger partial charge on any atom is -0.726 e. The van der Waals surface area contributed by atoms with Crippen LogP contribution in [0, 0.1) is 11.3 Å². The van der Waals surface area contributed by atoms with Gasteiger partial charge in [0.1, 0.15) is 17.6 Å². The number of ether oxygens (including phenoxy) is 1. The quantitative estimate of drug-likeness (QED) is 0.451. The van der Waals surface area contributed by atoms with E-state index in [1.165, 1.54) is 0 Å². The Hall–Kier alpha value is -2.44. The fourth-order valence-corrected chi connectivity index (χ4v) is 2.07. The molecule has 0 radical (unpaired) electrons. The van der Waals surface area contributed by atoms with Crippen LogP contribution >= 0.6 is 0 Å². The number of benzene rings is 2. The van der Waals surface area contributed by atoms with Gasteiger partial charge in [-0.2, -0.15) is 5.26 Å². The van der Waals surface area contributed by atoms with E-state index in [2.05, 4.69) is 10.3 Å². The topological polar surface area (TPSA) is 99.5 Å².